The summed E-state index contributed by atoms with van der Waals surface area (Å²) in [7, 11) is 0. The average molecular weight is 458 g/mol. The van der Waals surface area contributed by atoms with Crippen molar-refractivity contribution in [2.24, 2.45) is 0 Å². The fourth-order valence-corrected chi connectivity index (χ4v) is 3.95. The van der Waals surface area contributed by atoms with E-state index in [0.717, 1.165) is 28.5 Å². The van der Waals surface area contributed by atoms with Gasteiger partial charge in [0.25, 0.3) is 5.56 Å². The molecule has 0 radical (unpaired) electrons. The van der Waals surface area contributed by atoms with Crippen LogP contribution in [0.1, 0.15) is 0 Å². The van der Waals surface area contributed by atoms with Gasteiger partial charge in [0, 0.05) is 6.07 Å². The Morgan fingerprint density at radius 2 is 1.81 bits per heavy atom. The van der Waals surface area contributed by atoms with Crippen molar-refractivity contribution in [2.45, 2.75) is 5.16 Å². The van der Waals surface area contributed by atoms with Crippen LogP contribution in [-0.2, 0) is 4.79 Å². The number of benzene rings is 3. The highest BCUT2D eigenvalue weighted by atomic mass is 35.5. The number of aromatic nitrogens is 2. The smallest absolute Gasteiger partial charge is 0.266 e. The maximum Gasteiger partial charge on any atom is 0.266 e. The van der Waals surface area contributed by atoms with Crippen molar-refractivity contribution in [2.75, 3.05) is 11.1 Å². The van der Waals surface area contributed by atoms with E-state index in [9.17, 15) is 18.4 Å². The number of amides is 1. The summed E-state index contributed by atoms with van der Waals surface area (Å²) >= 11 is 7.01. The molecule has 0 spiro atoms. The van der Waals surface area contributed by atoms with Gasteiger partial charge < -0.3 is 5.32 Å². The van der Waals surface area contributed by atoms with Gasteiger partial charge in [-0.2, -0.15) is 0 Å². The summed E-state index contributed by atoms with van der Waals surface area (Å²) in [6.45, 7) is 0. The largest absolute Gasteiger partial charge is 0.324 e. The summed E-state index contributed by atoms with van der Waals surface area (Å²) in [4.78, 5) is 29.9. The number of hydrogen-bond acceptors (Lipinski definition) is 4. The average Bonchev–Trinajstić information content (AvgIpc) is 2.75. The molecule has 3 aromatic carbocycles. The van der Waals surface area contributed by atoms with E-state index in [2.05, 4.69) is 10.3 Å². The minimum Gasteiger partial charge on any atom is -0.324 e. The van der Waals surface area contributed by atoms with E-state index < -0.39 is 17.2 Å². The number of para-hydroxylation sites is 2. The maximum atomic E-state index is 14.5. The third-order valence-corrected chi connectivity index (χ3v) is 5.64. The molecular weight excluding hydrogens is 444 g/mol. The molecule has 156 valence electrons. The van der Waals surface area contributed by atoms with Crippen LogP contribution in [0.3, 0.4) is 0 Å². The van der Waals surface area contributed by atoms with Gasteiger partial charge in [0.1, 0.15) is 11.6 Å². The Morgan fingerprint density at radius 1 is 1.06 bits per heavy atom. The second-order valence-electron chi connectivity index (χ2n) is 6.46. The van der Waals surface area contributed by atoms with E-state index in [1.54, 1.807) is 48.5 Å². The molecule has 0 aliphatic carbocycles. The Labute approximate surface area is 184 Å². The Bertz CT molecular complexity index is 1360. The number of carbonyl (C=O) groups is 1. The monoisotopic (exact) mass is 457 g/mol. The normalized spacial score (nSPS) is 10.9. The maximum absolute atomic E-state index is 14.5. The van der Waals surface area contributed by atoms with Gasteiger partial charge in [0.15, 0.2) is 5.16 Å². The van der Waals surface area contributed by atoms with Crippen LogP contribution >= 0.6 is 23.4 Å². The van der Waals surface area contributed by atoms with Crippen LogP contribution < -0.4 is 10.9 Å². The molecule has 1 amide bonds. The molecule has 0 fully saturated rings. The fraction of sp³-hybridized carbons (Fsp3) is 0.0455. The molecule has 4 aromatic rings. The molecule has 4 rings (SSSR count). The van der Waals surface area contributed by atoms with Crippen LogP contribution in [0.25, 0.3) is 16.6 Å². The summed E-state index contributed by atoms with van der Waals surface area (Å²) in [5, 5.41) is 3.44. The van der Waals surface area contributed by atoms with E-state index >= 15 is 0 Å². The van der Waals surface area contributed by atoms with Crippen molar-refractivity contribution in [3.63, 3.8) is 0 Å². The minimum absolute atomic E-state index is 0.100. The number of hydrogen-bond donors (Lipinski definition) is 1. The van der Waals surface area contributed by atoms with Crippen LogP contribution in [0.4, 0.5) is 14.5 Å². The molecule has 0 saturated heterocycles. The first-order valence-electron chi connectivity index (χ1n) is 9.08. The van der Waals surface area contributed by atoms with Crippen LogP contribution in [0.15, 0.2) is 76.7 Å². The predicted octanol–water partition coefficient (Wildman–Crippen LogP) is 5.05. The number of thioether (sulfide) groups is 1. The zero-order chi connectivity index (χ0) is 22.0. The minimum atomic E-state index is -0.915. The zero-order valence-electron chi connectivity index (χ0n) is 15.8. The van der Waals surface area contributed by atoms with Gasteiger partial charge in [0.05, 0.1) is 33.1 Å². The molecule has 0 saturated carbocycles. The quantitative estimate of drug-likeness (QED) is 0.336. The first kappa shape index (κ1) is 21.0. The second-order valence-corrected chi connectivity index (χ2v) is 7.81. The van der Waals surface area contributed by atoms with Crippen molar-refractivity contribution in [1.82, 2.24) is 9.55 Å². The summed E-state index contributed by atoms with van der Waals surface area (Å²) in [5.74, 6) is -2.18. The van der Waals surface area contributed by atoms with Crippen LogP contribution in [0, 0.1) is 11.6 Å². The predicted molar refractivity (Wildman–Crippen MR) is 118 cm³/mol. The van der Waals surface area contributed by atoms with E-state index in [1.807, 2.05) is 0 Å². The Hall–Kier alpha value is -3.23. The second kappa shape index (κ2) is 8.87. The highest BCUT2D eigenvalue weighted by Crippen LogP contribution is 2.25. The molecule has 31 heavy (non-hydrogen) atoms. The van der Waals surface area contributed by atoms with Crippen molar-refractivity contribution in [1.29, 1.82) is 0 Å². The third kappa shape index (κ3) is 4.45. The molecule has 0 unspecified atom stereocenters. The lowest BCUT2D eigenvalue weighted by Crippen LogP contribution is -2.23. The van der Waals surface area contributed by atoms with Gasteiger partial charge in [-0.1, -0.05) is 47.6 Å². The van der Waals surface area contributed by atoms with Gasteiger partial charge >= 0.3 is 0 Å². The topological polar surface area (TPSA) is 64.0 Å². The molecule has 1 heterocycles. The molecule has 0 aliphatic rings. The molecular formula is C22H14ClF2N3O2S. The van der Waals surface area contributed by atoms with E-state index in [-0.39, 0.29) is 27.9 Å². The first-order valence-corrected chi connectivity index (χ1v) is 10.4. The van der Waals surface area contributed by atoms with Crippen LogP contribution in [0.2, 0.25) is 5.02 Å². The first-order chi connectivity index (χ1) is 14.9. The number of fused-ring (bicyclic) bond motifs is 1. The molecule has 0 bridgehead atoms. The number of halogens is 3. The molecule has 1 aromatic heterocycles. The lowest BCUT2D eigenvalue weighted by molar-refractivity contribution is -0.113. The summed E-state index contributed by atoms with van der Waals surface area (Å²) in [6, 6.07) is 16.3. The molecule has 1 N–H and O–H groups in total. The van der Waals surface area contributed by atoms with Crippen LogP contribution in [-0.4, -0.2) is 21.2 Å². The Balaban J connectivity index is 1.72. The number of nitrogens with one attached hydrogen (secondary N) is 1. The number of anilines is 1. The van der Waals surface area contributed by atoms with Crippen LogP contribution in [0.5, 0.6) is 0 Å². The van der Waals surface area contributed by atoms with Gasteiger partial charge in [0.2, 0.25) is 5.91 Å². The standard InChI is InChI=1S/C22H14ClF2N3O2S/c23-15-6-2-4-8-18(15)26-20(29)12-31-22-27-17-7-3-1-5-14(17)21(30)28(22)19-10-9-13(24)11-16(19)25/h1-11H,12H2,(H,26,29). The zero-order valence-corrected chi connectivity index (χ0v) is 17.4. The summed E-state index contributed by atoms with van der Waals surface area (Å²) in [5.41, 5.74) is 0.173. The SMILES string of the molecule is O=C(CSc1nc2ccccc2c(=O)n1-c1ccc(F)cc1F)Nc1ccccc1Cl. The van der Waals surface area contributed by atoms with Crippen molar-refractivity contribution >= 4 is 45.9 Å². The fourth-order valence-electron chi connectivity index (χ4n) is 2.96. The number of nitrogens with zero attached hydrogens (tertiary/aromatic N) is 2. The summed E-state index contributed by atoms with van der Waals surface area (Å²) in [6.07, 6.45) is 0. The van der Waals surface area contributed by atoms with Gasteiger partial charge in [-0.25, -0.2) is 13.8 Å². The van der Waals surface area contributed by atoms with Gasteiger partial charge in [-0.3, -0.25) is 14.2 Å². The lowest BCUT2D eigenvalue weighted by Gasteiger charge is -2.14. The van der Waals surface area contributed by atoms with E-state index in [1.165, 1.54) is 0 Å². The summed E-state index contributed by atoms with van der Waals surface area (Å²) < 4.78 is 28.9. The highest BCUT2D eigenvalue weighted by Gasteiger charge is 2.18. The number of rotatable bonds is 5. The number of carbonyl (C=O) groups excluding carboxylic acids is 1. The highest BCUT2D eigenvalue weighted by molar-refractivity contribution is 7.99. The van der Waals surface area contributed by atoms with Crippen molar-refractivity contribution in [3.8, 4) is 5.69 Å². The van der Waals surface area contributed by atoms with E-state index in [0.29, 0.717) is 22.3 Å². The van der Waals surface area contributed by atoms with Crippen molar-refractivity contribution in [3.05, 3.63) is 93.7 Å². The lowest BCUT2D eigenvalue weighted by atomic mass is 10.2. The van der Waals surface area contributed by atoms with Gasteiger partial charge in [-0.15, -0.1) is 0 Å². The Morgan fingerprint density at radius 3 is 2.58 bits per heavy atom. The molecule has 0 aliphatic heterocycles. The third-order valence-electron chi connectivity index (χ3n) is 4.38. The van der Waals surface area contributed by atoms with Gasteiger partial charge in [-0.05, 0) is 36.4 Å². The molecule has 5 nitrogen and oxygen atoms in total. The molecule has 0 atom stereocenters. The molecule has 9 heteroatoms. The van der Waals surface area contributed by atoms with Crippen molar-refractivity contribution < 1.29 is 13.6 Å². The Kier molecular flexibility index (Phi) is 6.01. The van der Waals surface area contributed by atoms with E-state index in [4.69, 9.17) is 11.6 Å².